The van der Waals surface area contributed by atoms with Crippen molar-refractivity contribution in [3.63, 3.8) is 0 Å². The standard InChI is InChI=1S/C18H25N3O3/c1-15-3-5-17(6-4-15)13-21(16(2)23)8-7-18(24)20-11-9-19(14-22)10-12-20/h3-6,14H,7-13H2,1-2H3. The van der Waals surface area contributed by atoms with Crippen LogP contribution in [0.5, 0.6) is 0 Å². The van der Waals surface area contributed by atoms with Gasteiger partial charge in [-0.2, -0.15) is 0 Å². The molecule has 0 radical (unpaired) electrons. The Morgan fingerprint density at radius 3 is 2.29 bits per heavy atom. The first-order valence-corrected chi connectivity index (χ1v) is 8.28. The number of benzene rings is 1. The summed E-state index contributed by atoms with van der Waals surface area (Å²) in [5.74, 6) is 0.00449. The van der Waals surface area contributed by atoms with E-state index in [0.717, 1.165) is 12.0 Å². The van der Waals surface area contributed by atoms with Gasteiger partial charge >= 0.3 is 0 Å². The van der Waals surface area contributed by atoms with Gasteiger partial charge in [0, 0.05) is 52.6 Å². The molecule has 0 atom stereocenters. The van der Waals surface area contributed by atoms with E-state index in [1.807, 2.05) is 31.2 Å². The Morgan fingerprint density at radius 1 is 1.12 bits per heavy atom. The third-order valence-electron chi connectivity index (χ3n) is 4.35. The number of rotatable bonds is 6. The lowest BCUT2D eigenvalue weighted by molar-refractivity contribution is -0.136. The molecule has 0 saturated carbocycles. The number of amides is 3. The number of hydrogen-bond acceptors (Lipinski definition) is 3. The predicted molar refractivity (Wildman–Crippen MR) is 91.1 cm³/mol. The lowest BCUT2D eigenvalue weighted by Gasteiger charge is -2.33. The molecule has 1 aliphatic heterocycles. The number of carbonyl (C=O) groups excluding carboxylic acids is 3. The van der Waals surface area contributed by atoms with E-state index in [1.54, 1.807) is 14.7 Å². The van der Waals surface area contributed by atoms with E-state index < -0.39 is 0 Å². The molecular formula is C18H25N3O3. The van der Waals surface area contributed by atoms with Crippen molar-refractivity contribution in [1.82, 2.24) is 14.7 Å². The number of hydrogen-bond donors (Lipinski definition) is 0. The highest BCUT2D eigenvalue weighted by molar-refractivity contribution is 5.78. The summed E-state index contributed by atoms with van der Waals surface area (Å²) >= 11 is 0. The van der Waals surface area contributed by atoms with Crippen molar-refractivity contribution in [3.8, 4) is 0 Å². The van der Waals surface area contributed by atoms with Gasteiger partial charge in [-0.25, -0.2) is 0 Å². The van der Waals surface area contributed by atoms with Crippen LogP contribution in [0.2, 0.25) is 0 Å². The summed E-state index contributed by atoms with van der Waals surface area (Å²) < 4.78 is 0. The molecule has 1 saturated heterocycles. The van der Waals surface area contributed by atoms with E-state index in [4.69, 9.17) is 0 Å². The quantitative estimate of drug-likeness (QED) is 0.732. The molecule has 0 spiro atoms. The highest BCUT2D eigenvalue weighted by Gasteiger charge is 2.21. The summed E-state index contributed by atoms with van der Waals surface area (Å²) in [7, 11) is 0. The summed E-state index contributed by atoms with van der Waals surface area (Å²) in [5, 5.41) is 0. The van der Waals surface area contributed by atoms with Crippen LogP contribution in [0, 0.1) is 6.92 Å². The highest BCUT2D eigenvalue weighted by atomic mass is 16.2. The molecule has 1 aliphatic rings. The van der Waals surface area contributed by atoms with Crippen LogP contribution in [0.3, 0.4) is 0 Å². The number of nitrogens with zero attached hydrogens (tertiary/aromatic N) is 3. The van der Waals surface area contributed by atoms with E-state index in [0.29, 0.717) is 45.7 Å². The topological polar surface area (TPSA) is 60.9 Å². The van der Waals surface area contributed by atoms with Gasteiger partial charge in [0.2, 0.25) is 18.2 Å². The van der Waals surface area contributed by atoms with E-state index in [2.05, 4.69) is 0 Å². The van der Waals surface area contributed by atoms with Gasteiger partial charge in [-0.1, -0.05) is 29.8 Å². The van der Waals surface area contributed by atoms with E-state index in [-0.39, 0.29) is 11.8 Å². The first-order valence-electron chi connectivity index (χ1n) is 8.28. The third-order valence-corrected chi connectivity index (χ3v) is 4.35. The Kier molecular flexibility index (Phi) is 6.35. The molecule has 0 aliphatic carbocycles. The molecule has 0 aromatic heterocycles. The summed E-state index contributed by atoms with van der Waals surface area (Å²) in [5.41, 5.74) is 2.24. The van der Waals surface area contributed by atoms with Crippen LogP contribution in [-0.2, 0) is 20.9 Å². The highest BCUT2D eigenvalue weighted by Crippen LogP contribution is 2.09. The normalized spacial score (nSPS) is 14.4. The molecule has 6 heteroatoms. The van der Waals surface area contributed by atoms with Crippen LogP contribution >= 0.6 is 0 Å². The minimum Gasteiger partial charge on any atom is -0.342 e. The first kappa shape index (κ1) is 18.0. The predicted octanol–water partition coefficient (Wildman–Crippen LogP) is 1.03. The van der Waals surface area contributed by atoms with Crippen molar-refractivity contribution >= 4 is 18.2 Å². The Hall–Kier alpha value is -2.37. The molecule has 0 unspecified atom stereocenters. The van der Waals surface area contributed by atoms with Crippen molar-refractivity contribution in [2.24, 2.45) is 0 Å². The van der Waals surface area contributed by atoms with Gasteiger partial charge in [0.1, 0.15) is 0 Å². The molecule has 1 fully saturated rings. The van der Waals surface area contributed by atoms with Gasteiger partial charge < -0.3 is 14.7 Å². The lowest BCUT2D eigenvalue weighted by Crippen LogP contribution is -2.48. The molecule has 1 aromatic rings. The monoisotopic (exact) mass is 331 g/mol. The van der Waals surface area contributed by atoms with Crippen molar-refractivity contribution in [2.45, 2.75) is 26.8 Å². The number of carbonyl (C=O) groups is 3. The maximum Gasteiger partial charge on any atom is 0.224 e. The zero-order chi connectivity index (χ0) is 17.5. The van der Waals surface area contributed by atoms with E-state index in [1.165, 1.54) is 12.5 Å². The van der Waals surface area contributed by atoms with Crippen molar-refractivity contribution in [3.05, 3.63) is 35.4 Å². The van der Waals surface area contributed by atoms with Gasteiger partial charge in [-0.15, -0.1) is 0 Å². The lowest BCUT2D eigenvalue weighted by atomic mass is 10.1. The second-order valence-corrected chi connectivity index (χ2v) is 6.20. The van der Waals surface area contributed by atoms with Crippen LogP contribution in [0.25, 0.3) is 0 Å². The Morgan fingerprint density at radius 2 is 1.75 bits per heavy atom. The Labute approximate surface area is 143 Å². The van der Waals surface area contributed by atoms with Gasteiger partial charge in [0.15, 0.2) is 0 Å². The van der Waals surface area contributed by atoms with Gasteiger partial charge in [-0.05, 0) is 12.5 Å². The molecule has 0 N–H and O–H groups in total. The molecule has 3 amide bonds. The number of piperazine rings is 1. The minimum atomic E-state index is -0.0332. The van der Waals surface area contributed by atoms with Crippen molar-refractivity contribution in [1.29, 1.82) is 0 Å². The molecule has 130 valence electrons. The zero-order valence-corrected chi connectivity index (χ0v) is 14.4. The molecule has 1 aromatic carbocycles. The van der Waals surface area contributed by atoms with Gasteiger partial charge in [-0.3, -0.25) is 14.4 Å². The van der Waals surface area contributed by atoms with Crippen LogP contribution in [-0.4, -0.2) is 65.6 Å². The average molecular weight is 331 g/mol. The maximum atomic E-state index is 12.3. The average Bonchev–Trinajstić information content (AvgIpc) is 2.59. The fourth-order valence-corrected chi connectivity index (χ4v) is 2.73. The number of aryl methyl sites for hydroxylation is 1. The van der Waals surface area contributed by atoms with Crippen molar-refractivity contribution in [2.75, 3.05) is 32.7 Å². The minimum absolute atomic E-state index is 0.0332. The van der Waals surface area contributed by atoms with Gasteiger partial charge in [0.05, 0.1) is 0 Å². The molecule has 2 rings (SSSR count). The molecule has 0 bridgehead atoms. The summed E-state index contributed by atoms with van der Waals surface area (Å²) in [6.45, 7) is 6.77. The summed E-state index contributed by atoms with van der Waals surface area (Å²) in [4.78, 5) is 40.0. The smallest absolute Gasteiger partial charge is 0.224 e. The van der Waals surface area contributed by atoms with Crippen molar-refractivity contribution < 1.29 is 14.4 Å². The molecular weight excluding hydrogens is 306 g/mol. The van der Waals surface area contributed by atoms with E-state index >= 15 is 0 Å². The maximum absolute atomic E-state index is 12.3. The van der Waals surface area contributed by atoms with Crippen LogP contribution in [0.15, 0.2) is 24.3 Å². The van der Waals surface area contributed by atoms with Crippen LogP contribution < -0.4 is 0 Å². The van der Waals surface area contributed by atoms with Crippen LogP contribution in [0.4, 0.5) is 0 Å². The molecule has 6 nitrogen and oxygen atoms in total. The van der Waals surface area contributed by atoms with Gasteiger partial charge in [0.25, 0.3) is 0 Å². The molecule has 1 heterocycles. The summed E-state index contributed by atoms with van der Waals surface area (Å²) in [6.07, 6.45) is 1.13. The third kappa shape index (κ3) is 5.08. The van der Waals surface area contributed by atoms with Crippen LogP contribution in [0.1, 0.15) is 24.5 Å². The SMILES string of the molecule is CC(=O)N(CCC(=O)N1CCN(C=O)CC1)Cc1ccc(C)cc1. The zero-order valence-electron chi connectivity index (χ0n) is 14.4. The Balaban J connectivity index is 1.84. The fraction of sp³-hybridized carbons (Fsp3) is 0.500. The fourth-order valence-electron chi connectivity index (χ4n) is 2.73. The largest absolute Gasteiger partial charge is 0.342 e. The molecule has 24 heavy (non-hydrogen) atoms. The second-order valence-electron chi connectivity index (χ2n) is 6.20. The first-order chi connectivity index (χ1) is 11.5. The van der Waals surface area contributed by atoms with E-state index in [9.17, 15) is 14.4 Å². The second kappa shape index (κ2) is 8.47. The Bertz CT molecular complexity index is 578. The summed E-state index contributed by atoms with van der Waals surface area (Å²) in [6, 6.07) is 8.05.